The number of hydrogen-bond acceptors (Lipinski definition) is 3. The summed E-state index contributed by atoms with van der Waals surface area (Å²) < 4.78 is 43.6. The van der Waals surface area contributed by atoms with E-state index in [1.54, 1.807) is 0 Å². The van der Waals surface area contributed by atoms with Crippen LogP contribution in [0.2, 0.25) is 0 Å². The molecule has 0 bridgehead atoms. The molecule has 2 aliphatic rings. The fourth-order valence-corrected chi connectivity index (χ4v) is 4.02. The van der Waals surface area contributed by atoms with Gasteiger partial charge in [-0.3, -0.25) is 9.69 Å². The summed E-state index contributed by atoms with van der Waals surface area (Å²) in [6, 6.07) is 14.8. The van der Waals surface area contributed by atoms with Crippen LogP contribution in [0.5, 0.6) is 11.5 Å². The van der Waals surface area contributed by atoms with Crippen LogP contribution in [-0.4, -0.2) is 43.2 Å². The van der Waals surface area contributed by atoms with Crippen molar-refractivity contribution in [3.8, 4) is 11.5 Å². The summed E-state index contributed by atoms with van der Waals surface area (Å²) in [5.41, 5.74) is 1.59. The average molecular weight is 390 g/mol. The van der Waals surface area contributed by atoms with E-state index in [2.05, 4.69) is 5.32 Å². The smallest absolute Gasteiger partial charge is 0.401 e. The molecule has 2 aliphatic heterocycles. The molecule has 7 heteroatoms. The van der Waals surface area contributed by atoms with Crippen molar-refractivity contribution >= 4 is 5.91 Å². The first kappa shape index (κ1) is 18.8. The SMILES string of the molecule is O=C(NCC1CCN(CC(F)(F)F)C1)C1c2ccccc2Oc2ccccc21. The quantitative estimate of drug-likeness (QED) is 0.860. The number of carbonyl (C=O) groups excluding carboxylic acids is 1. The fraction of sp³-hybridized carbons (Fsp3) is 0.381. The molecule has 2 aromatic carbocycles. The first-order chi connectivity index (χ1) is 13.4. The lowest BCUT2D eigenvalue weighted by Crippen LogP contribution is -2.37. The van der Waals surface area contributed by atoms with Crippen molar-refractivity contribution in [1.29, 1.82) is 0 Å². The summed E-state index contributed by atoms with van der Waals surface area (Å²) >= 11 is 0. The largest absolute Gasteiger partial charge is 0.457 e. The van der Waals surface area contributed by atoms with Crippen molar-refractivity contribution in [1.82, 2.24) is 10.2 Å². The summed E-state index contributed by atoms with van der Waals surface area (Å²) in [5.74, 6) is 0.681. The lowest BCUT2D eigenvalue weighted by Gasteiger charge is -2.27. The molecule has 148 valence electrons. The number of rotatable bonds is 4. The average Bonchev–Trinajstić information content (AvgIpc) is 3.09. The molecule has 28 heavy (non-hydrogen) atoms. The summed E-state index contributed by atoms with van der Waals surface area (Å²) in [5, 5.41) is 2.96. The van der Waals surface area contributed by atoms with Gasteiger partial charge in [-0.25, -0.2) is 0 Å². The number of likely N-dealkylation sites (tertiary alicyclic amines) is 1. The summed E-state index contributed by atoms with van der Waals surface area (Å²) in [4.78, 5) is 14.4. The van der Waals surface area contributed by atoms with Crippen LogP contribution >= 0.6 is 0 Å². The zero-order chi connectivity index (χ0) is 19.7. The lowest BCUT2D eigenvalue weighted by atomic mass is 9.87. The summed E-state index contributed by atoms with van der Waals surface area (Å²) in [7, 11) is 0. The first-order valence-corrected chi connectivity index (χ1v) is 9.33. The van der Waals surface area contributed by atoms with Crippen LogP contribution in [0.1, 0.15) is 23.5 Å². The van der Waals surface area contributed by atoms with E-state index < -0.39 is 18.6 Å². The monoisotopic (exact) mass is 390 g/mol. The van der Waals surface area contributed by atoms with E-state index in [4.69, 9.17) is 4.74 Å². The molecule has 4 rings (SSSR count). The van der Waals surface area contributed by atoms with Gasteiger partial charge in [0.2, 0.25) is 5.91 Å². The Morgan fingerprint density at radius 2 is 1.68 bits per heavy atom. The minimum absolute atomic E-state index is 0.0247. The Balaban J connectivity index is 1.44. The number of ether oxygens (including phenoxy) is 1. The highest BCUT2D eigenvalue weighted by Crippen LogP contribution is 2.43. The summed E-state index contributed by atoms with van der Waals surface area (Å²) in [6.07, 6.45) is -3.54. The Kier molecular flexibility index (Phi) is 5.02. The van der Waals surface area contributed by atoms with Crippen LogP contribution in [-0.2, 0) is 4.79 Å². The Hall–Kier alpha value is -2.54. The third-order valence-corrected chi connectivity index (χ3v) is 5.28. The van der Waals surface area contributed by atoms with Crippen molar-refractivity contribution in [2.45, 2.75) is 18.5 Å². The Morgan fingerprint density at radius 1 is 1.07 bits per heavy atom. The van der Waals surface area contributed by atoms with Crippen LogP contribution in [0.3, 0.4) is 0 Å². The molecule has 2 heterocycles. The van der Waals surface area contributed by atoms with E-state index in [0.717, 1.165) is 11.1 Å². The molecule has 0 aliphatic carbocycles. The van der Waals surface area contributed by atoms with Crippen molar-refractivity contribution in [2.24, 2.45) is 5.92 Å². The molecule has 4 nitrogen and oxygen atoms in total. The summed E-state index contributed by atoms with van der Waals surface area (Å²) in [6.45, 7) is 0.233. The minimum Gasteiger partial charge on any atom is -0.457 e. The second-order valence-corrected chi connectivity index (χ2v) is 7.36. The number of nitrogens with one attached hydrogen (secondary N) is 1. The molecule has 2 aromatic rings. The number of nitrogens with zero attached hydrogens (tertiary/aromatic N) is 1. The van der Waals surface area contributed by atoms with Crippen LogP contribution in [0, 0.1) is 5.92 Å². The molecular weight excluding hydrogens is 369 g/mol. The Labute approximate surface area is 161 Å². The maximum absolute atomic E-state index is 13.0. The Morgan fingerprint density at radius 3 is 2.29 bits per heavy atom. The van der Waals surface area contributed by atoms with Gasteiger partial charge < -0.3 is 10.1 Å². The number of halogens is 3. The number of amides is 1. The predicted molar refractivity (Wildman–Crippen MR) is 98.4 cm³/mol. The normalized spacial score (nSPS) is 19.6. The van der Waals surface area contributed by atoms with Crippen LogP contribution in [0.25, 0.3) is 0 Å². The minimum atomic E-state index is -4.19. The lowest BCUT2D eigenvalue weighted by molar-refractivity contribution is -0.143. The number of carbonyl (C=O) groups is 1. The molecule has 1 fully saturated rings. The van der Waals surface area contributed by atoms with Crippen molar-refractivity contribution < 1.29 is 22.7 Å². The molecule has 0 aromatic heterocycles. The third-order valence-electron chi connectivity index (χ3n) is 5.28. The van der Waals surface area contributed by atoms with E-state index in [1.807, 2.05) is 48.5 Å². The van der Waals surface area contributed by atoms with E-state index >= 15 is 0 Å². The zero-order valence-electron chi connectivity index (χ0n) is 15.2. The highest BCUT2D eigenvalue weighted by Gasteiger charge is 2.35. The van der Waals surface area contributed by atoms with E-state index in [9.17, 15) is 18.0 Å². The van der Waals surface area contributed by atoms with Gasteiger partial charge in [-0.15, -0.1) is 0 Å². The Bertz CT molecular complexity index is 823. The number of hydrogen-bond donors (Lipinski definition) is 1. The maximum atomic E-state index is 13.0. The van der Waals surface area contributed by atoms with Crippen LogP contribution < -0.4 is 10.1 Å². The highest BCUT2D eigenvalue weighted by atomic mass is 19.4. The van der Waals surface area contributed by atoms with Gasteiger partial charge in [0.05, 0.1) is 12.5 Å². The molecule has 0 spiro atoms. The van der Waals surface area contributed by atoms with Crippen molar-refractivity contribution in [2.75, 3.05) is 26.2 Å². The fourth-order valence-electron chi connectivity index (χ4n) is 4.02. The van der Waals surface area contributed by atoms with Crippen molar-refractivity contribution in [3.05, 3.63) is 59.7 Å². The van der Waals surface area contributed by atoms with Gasteiger partial charge >= 0.3 is 6.18 Å². The second kappa shape index (κ2) is 7.47. The zero-order valence-corrected chi connectivity index (χ0v) is 15.2. The van der Waals surface area contributed by atoms with E-state index in [1.165, 1.54) is 4.90 Å². The van der Waals surface area contributed by atoms with Crippen molar-refractivity contribution in [3.63, 3.8) is 0 Å². The molecule has 1 amide bonds. The topological polar surface area (TPSA) is 41.6 Å². The molecule has 0 radical (unpaired) electrons. The molecular formula is C21H21F3N2O2. The highest BCUT2D eigenvalue weighted by molar-refractivity contribution is 5.89. The number of fused-ring (bicyclic) bond motifs is 2. The van der Waals surface area contributed by atoms with Gasteiger partial charge in [0.25, 0.3) is 0 Å². The number of benzene rings is 2. The first-order valence-electron chi connectivity index (χ1n) is 9.33. The molecule has 1 saturated heterocycles. The van der Waals surface area contributed by atoms with Crippen LogP contribution in [0.4, 0.5) is 13.2 Å². The number of alkyl halides is 3. The third kappa shape index (κ3) is 3.99. The van der Waals surface area contributed by atoms with Crippen LogP contribution in [0.15, 0.2) is 48.5 Å². The predicted octanol–water partition coefficient (Wildman–Crippen LogP) is 3.92. The maximum Gasteiger partial charge on any atom is 0.401 e. The molecule has 1 atom stereocenters. The number of para-hydroxylation sites is 2. The molecule has 1 N–H and O–H groups in total. The van der Waals surface area contributed by atoms with Gasteiger partial charge in [0.15, 0.2) is 0 Å². The van der Waals surface area contributed by atoms with Gasteiger partial charge in [0.1, 0.15) is 11.5 Å². The van der Waals surface area contributed by atoms with Gasteiger partial charge in [-0.05, 0) is 31.0 Å². The van der Waals surface area contributed by atoms with Gasteiger partial charge in [-0.1, -0.05) is 36.4 Å². The van der Waals surface area contributed by atoms with E-state index in [-0.39, 0.29) is 11.8 Å². The van der Waals surface area contributed by atoms with E-state index in [0.29, 0.717) is 37.6 Å². The standard InChI is InChI=1S/C21H21F3N2O2/c22-21(23,24)13-26-10-9-14(12-26)11-25-20(27)19-15-5-1-3-7-17(15)28-18-8-4-2-6-16(18)19/h1-8,14,19H,9-13H2,(H,25,27). The molecule has 0 saturated carbocycles. The van der Waals surface area contributed by atoms with Gasteiger partial charge in [0, 0.05) is 24.2 Å². The molecule has 1 unspecified atom stereocenters. The second-order valence-electron chi connectivity index (χ2n) is 7.36. The van der Waals surface area contributed by atoms with Gasteiger partial charge in [-0.2, -0.15) is 13.2 Å².